The van der Waals surface area contributed by atoms with E-state index in [1.807, 2.05) is 0 Å². The van der Waals surface area contributed by atoms with Crippen LogP contribution in [0.25, 0.3) is 0 Å². The van der Waals surface area contributed by atoms with Gasteiger partial charge in [-0.2, -0.15) is 8.42 Å². The maximum atomic E-state index is 10.7. The maximum Gasteiger partial charge on any atom is 0.303 e. The van der Waals surface area contributed by atoms with E-state index in [1.54, 1.807) is 18.2 Å². The number of rotatable bonds is 4. The molecule has 3 atom stereocenters. The Labute approximate surface area is 135 Å². The summed E-state index contributed by atoms with van der Waals surface area (Å²) < 4.78 is 29.2. The summed E-state index contributed by atoms with van der Waals surface area (Å²) in [5.74, 6) is 0.403. The molecule has 1 aromatic carbocycles. The fourth-order valence-electron chi connectivity index (χ4n) is 3.49. The van der Waals surface area contributed by atoms with Crippen molar-refractivity contribution in [2.24, 2.45) is 23.0 Å². The van der Waals surface area contributed by atoms with Crippen LogP contribution in [0.3, 0.4) is 0 Å². The van der Waals surface area contributed by atoms with E-state index in [9.17, 15) is 13.2 Å². The molecule has 0 unspecified atom stereocenters. The molecule has 0 heterocycles. The molecule has 0 amide bonds. The van der Waals surface area contributed by atoms with E-state index in [0.717, 1.165) is 12.8 Å². The third kappa shape index (κ3) is 3.99. The fourth-order valence-corrected chi connectivity index (χ4v) is 3.99. The summed E-state index contributed by atoms with van der Waals surface area (Å²) in [4.78, 5) is 10.6. The summed E-state index contributed by atoms with van der Waals surface area (Å²) in [5.41, 5.74) is 5.55. The molecule has 0 aliphatic heterocycles. The lowest BCUT2D eigenvalue weighted by Gasteiger charge is -2.51. The zero-order chi connectivity index (χ0) is 17.1. The minimum absolute atomic E-state index is 0.0741. The Bertz CT molecular complexity index is 686. The van der Waals surface area contributed by atoms with Crippen LogP contribution >= 0.6 is 0 Å². The van der Waals surface area contributed by atoms with Gasteiger partial charge in [0.05, 0.1) is 11.3 Å². The van der Waals surface area contributed by atoms with Gasteiger partial charge in [0.25, 0.3) is 10.1 Å². The second-order valence-electron chi connectivity index (χ2n) is 6.08. The van der Waals surface area contributed by atoms with Gasteiger partial charge in [-0.05, 0) is 48.8 Å². The number of hydrogen-bond acceptors (Lipinski definition) is 4. The Kier molecular flexibility index (Phi) is 5.23. The Hall–Kier alpha value is -1.70. The quantitative estimate of drug-likeness (QED) is 0.570. The molecule has 0 saturated heterocycles. The van der Waals surface area contributed by atoms with Gasteiger partial charge >= 0.3 is 5.97 Å². The summed E-state index contributed by atoms with van der Waals surface area (Å²) in [6.07, 6.45) is 6.66. The Balaban J connectivity index is 0.000000174. The zero-order valence-electron chi connectivity index (χ0n) is 12.6. The van der Waals surface area contributed by atoms with E-state index in [0.29, 0.717) is 18.4 Å². The molecular weight excluding hydrogens is 318 g/mol. The molecule has 1 fully saturated rings. The normalized spacial score (nSPS) is 28.3. The first-order valence-corrected chi connectivity index (χ1v) is 8.83. The van der Waals surface area contributed by atoms with E-state index in [1.165, 1.54) is 12.1 Å². The van der Waals surface area contributed by atoms with Crippen LogP contribution in [-0.2, 0) is 14.9 Å². The third-order valence-corrected chi connectivity index (χ3v) is 5.48. The molecule has 1 aromatic rings. The standard InChI is InChI=1S/C10H15NO2.C6H6O3S/c11-6-10(5-9(12)13)4-7-2-1-3-8(7)10;7-10(8,9)6-4-2-1-3-5-6/h1,3,7-8H,2,4-6,11H2,(H,12,13);1-5H,(H,7,8,9)/t7-,8-,10-;/m0./s1. The highest BCUT2D eigenvalue weighted by Crippen LogP contribution is 2.57. The number of fused-ring (bicyclic) bond motifs is 1. The van der Waals surface area contributed by atoms with Crippen molar-refractivity contribution < 1.29 is 22.9 Å². The number of benzene rings is 1. The third-order valence-electron chi connectivity index (χ3n) is 4.62. The molecule has 0 spiro atoms. The molecule has 0 bridgehead atoms. The van der Waals surface area contributed by atoms with Crippen molar-refractivity contribution in [2.45, 2.75) is 24.2 Å². The van der Waals surface area contributed by atoms with Crippen molar-refractivity contribution in [1.82, 2.24) is 0 Å². The van der Waals surface area contributed by atoms with E-state index in [2.05, 4.69) is 12.2 Å². The predicted molar refractivity (Wildman–Crippen MR) is 85.4 cm³/mol. The van der Waals surface area contributed by atoms with Gasteiger partial charge < -0.3 is 10.8 Å². The van der Waals surface area contributed by atoms with Gasteiger partial charge in [-0.25, -0.2) is 0 Å². The van der Waals surface area contributed by atoms with Crippen molar-refractivity contribution in [3.63, 3.8) is 0 Å². The monoisotopic (exact) mass is 339 g/mol. The molecule has 23 heavy (non-hydrogen) atoms. The largest absolute Gasteiger partial charge is 0.481 e. The first kappa shape index (κ1) is 17.7. The SMILES string of the molecule is NC[C@@]1(CC(=O)O)C[C@@H]2CC=C[C@@H]21.O=S(=O)(O)c1ccccc1. The van der Waals surface area contributed by atoms with Crippen LogP contribution in [0.15, 0.2) is 47.4 Å². The molecule has 126 valence electrons. The zero-order valence-corrected chi connectivity index (χ0v) is 13.4. The van der Waals surface area contributed by atoms with Gasteiger partial charge in [-0.1, -0.05) is 30.4 Å². The predicted octanol–water partition coefficient (Wildman–Crippen LogP) is 1.94. The first-order chi connectivity index (χ1) is 10.8. The minimum Gasteiger partial charge on any atom is -0.481 e. The molecular formula is C16H21NO5S. The highest BCUT2D eigenvalue weighted by atomic mass is 32.2. The van der Waals surface area contributed by atoms with E-state index in [4.69, 9.17) is 15.4 Å². The molecule has 2 aliphatic rings. The molecule has 3 rings (SSSR count). The summed E-state index contributed by atoms with van der Waals surface area (Å²) in [7, 11) is -4.00. The summed E-state index contributed by atoms with van der Waals surface area (Å²) in [6.45, 7) is 0.505. The van der Waals surface area contributed by atoms with E-state index >= 15 is 0 Å². The topological polar surface area (TPSA) is 118 Å². The Morgan fingerprint density at radius 1 is 1.30 bits per heavy atom. The van der Waals surface area contributed by atoms with E-state index < -0.39 is 16.1 Å². The van der Waals surface area contributed by atoms with Gasteiger partial charge in [0.1, 0.15) is 0 Å². The fraction of sp³-hybridized carbons (Fsp3) is 0.438. The lowest BCUT2D eigenvalue weighted by atomic mass is 9.53. The number of carboxylic acids is 1. The highest BCUT2D eigenvalue weighted by molar-refractivity contribution is 7.85. The average Bonchev–Trinajstić information content (AvgIpc) is 2.88. The number of hydrogen-bond donors (Lipinski definition) is 3. The molecule has 6 nitrogen and oxygen atoms in total. The van der Waals surface area contributed by atoms with Crippen molar-refractivity contribution in [3.05, 3.63) is 42.5 Å². The van der Waals surface area contributed by atoms with Crippen LogP contribution in [0.1, 0.15) is 19.3 Å². The number of carboxylic acid groups (broad SMARTS) is 1. The van der Waals surface area contributed by atoms with Crippen LogP contribution in [-0.4, -0.2) is 30.6 Å². The summed E-state index contributed by atoms with van der Waals surface area (Å²) in [5, 5.41) is 8.79. The van der Waals surface area contributed by atoms with Crippen LogP contribution in [0.2, 0.25) is 0 Å². The average molecular weight is 339 g/mol. The van der Waals surface area contributed by atoms with Gasteiger partial charge in [0.15, 0.2) is 0 Å². The van der Waals surface area contributed by atoms with Crippen LogP contribution < -0.4 is 5.73 Å². The van der Waals surface area contributed by atoms with Crippen molar-refractivity contribution in [2.75, 3.05) is 6.54 Å². The second kappa shape index (κ2) is 6.82. The lowest BCUT2D eigenvalue weighted by molar-refractivity contribution is -0.144. The minimum atomic E-state index is -4.00. The van der Waals surface area contributed by atoms with Crippen molar-refractivity contribution in [3.8, 4) is 0 Å². The first-order valence-electron chi connectivity index (χ1n) is 7.39. The Morgan fingerprint density at radius 2 is 1.96 bits per heavy atom. The van der Waals surface area contributed by atoms with Gasteiger partial charge in [-0.15, -0.1) is 0 Å². The Morgan fingerprint density at radius 3 is 2.39 bits per heavy atom. The molecule has 1 saturated carbocycles. The van der Waals surface area contributed by atoms with Crippen LogP contribution in [0.4, 0.5) is 0 Å². The van der Waals surface area contributed by atoms with Crippen LogP contribution in [0.5, 0.6) is 0 Å². The second-order valence-corrected chi connectivity index (χ2v) is 7.50. The van der Waals surface area contributed by atoms with Gasteiger partial charge in [0.2, 0.25) is 0 Å². The van der Waals surface area contributed by atoms with Crippen molar-refractivity contribution in [1.29, 1.82) is 0 Å². The summed E-state index contributed by atoms with van der Waals surface area (Å²) in [6, 6.07) is 7.42. The number of aliphatic carboxylic acids is 1. The highest BCUT2D eigenvalue weighted by Gasteiger charge is 2.53. The molecule has 2 aliphatic carbocycles. The number of nitrogens with two attached hydrogens (primary N) is 1. The molecule has 0 radical (unpaired) electrons. The maximum absolute atomic E-state index is 10.7. The van der Waals surface area contributed by atoms with Gasteiger partial charge in [-0.3, -0.25) is 9.35 Å². The van der Waals surface area contributed by atoms with Gasteiger partial charge in [0, 0.05) is 0 Å². The summed E-state index contributed by atoms with van der Waals surface area (Å²) >= 11 is 0. The molecule has 4 N–H and O–H groups in total. The molecule has 7 heteroatoms. The smallest absolute Gasteiger partial charge is 0.303 e. The van der Waals surface area contributed by atoms with E-state index in [-0.39, 0.29) is 16.7 Å². The number of carbonyl (C=O) groups is 1. The molecule has 0 aromatic heterocycles. The van der Waals surface area contributed by atoms with Crippen LogP contribution in [0, 0.1) is 17.3 Å². The number of allylic oxidation sites excluding steroid dienone is 2. The lowest BCUT2D eigenvalue weighted by Crippen LogP contribution is -2.51. The van der Waals surface area contributed by atoms with Crippen molar-refractivity contribution >= 4 is 16.1 Å².